The van der Waals surface area contributed by atoms with Gasteiger partial charge in [-0.2, -0.15) is 0 Å². The third kappa shape index (κ3) is 6.50. The fourth-order valence-electron chi connectivity index (χ4n) is 4.44. The number of piperidine rings is 1. The first-order chi connectivity index (χ1) is 16.5. The number of urea groups is 1. The highest BCUT2D eigenvalue weighted by Gasteiger charge is 2.26. The molecule has 0 aliphatic carbocycles. The molecule has 7 heteroatoms. The average molecular weight is 465 g/mol. The first kappa shape index (κ1) is 24.1. The molecule has 2 aromatic rings. The molecule has 7 nitrogen and oxygen atoms in total. The summed E-state index contributed by atoms with van der Waals surface area (Å²) in [5, 5.41) is 9.46. The van der Waals surface area contributed by atoms with Gasteiger partial charge in [-0.3, -0.25) is 4.79 Å². The van der Waals surface area contributed by atoms with Crippen molar-refractivity contribution in [2.24, 2.45) is 5.92 Å². The summed E-state index contributed by atoms with van der Waals surface area (Å²) in [4.78, 5) is 27.1. The van der Waals surface area contributed by atoms with Crippen molar-refractivity contribution in [1.82, 2.24) is 15.5 Å². The maximum absolute atomic E-state index is 13.3. The molecule has 2 heterocycles. The zero-order valence-corrected chi connectivity index (χ0v) is 20.2. The Morgan fingerprint density at radius 2 is 1.82 bits per heavy atom. The van der Waals surface area contributed by atoms with Crippen molar-refractivity contribution in [3.05, 3.63) is 59.2 Å². The molecule has 1 saturated heterocycles. The van der Waals surface area contributed by atoms with Crippen LogP contribution < -0.4 is 20.7 Å². The molecule has 2 aromatic carbocycles. The Bertz CT molecular complexity index is 984. The maximum Gasteiger partial charge on any atom is 0.318 e. The van der Waals surface area contributed by atoms with Crippen molar-refractivity contribution < 1.29 is 14.3 Å². The first-order valence-electron chi connectivity index (χ1n) is 12.4. The normalized spacial score (nSPS) is 16.0. The number of anilines is 1. The first-order valence-corrected chi connectivity index (χ1v) is 12.4. The summed E-state index contributed by atoms with van der Waals surface area (Å²) in [6.07, 6.45) is 3.15. The Balaban J connectivity index is 1.41. The molecule has 2 aliphatic heterocycles. The molecule has 0 atom stereocenters. The van der Waals surface area contributed by atoms with Crippen molar-refractivity contribution in [2.45, 2.75) is 58.7 Å². The number of rotatable bonds is 8. The van der Waals surface area contributed by atoms with E-state index in [1.165, 1.54) is 0 Å². The van der Waals surface area contributed by atoms with Gasteiger partial charge in [-0.25, -0.2) is 4.79 Å². The molecule has 0 aromatic heterocycles. The zero-order valence-electron chi connectivity index (χ0n) is 20.2. The predicted octanol–water partition coefficient (Wildman–Crippen LogP) is 4.07. The van der Waals surface area contributed by atoms with Crippen LogP contribution in [-0.4, -0.2) is 42.6 Å². The van der Waals surface area contributed by atoms with E-state index in [-0.39, 0.29) is 18.0 Å². The van der Waals surface area contributed by atoms with Gasteiger partial charge in [0.25, 0.3) is 0 Å². The standard InChI is InChI=1S/C27H36N4O3/c1-19(2)18-34-24-8-4-20(5-9-24)16-29-27(33)31(23-11-13-28-14-12-23)17-21-3-6-22-7-10-26(32)30-25(22)15-21/h3-6,8-9,15,19,23,28H,7,10-14,16-18H2,1-2H3,(H,29,33)(H,30,32). The Morgan fingerprint density at radius 3 is 2.56 bits per heavy atom. The Kier molecular flexibility index (Phi) is 8.06. The van der Waals surface area contributed by atoms with Gasteiger partial charge < -0.3 is 25.6 Å². The molecule has 0 spiro atoms. The SMILES string of the molecule is CC(C)COc1ccc(CNC(=O)N(Cc2ccc3c(c2)NC(=O)CC3)C2CCNCC2)cc1. The molecular formula is C27H36N4O3. The van der Waals surface area contributed by atoms with E-state index in [0.29, 0.717) is 32.0 Å². The van der Waals surface area contributed by atoms with Crippen LogP contribution in [0.3, 0.4) is 0 Å². The summed E-state index contributed by atoms with van der Waals surface area (Å²) in [5.74, 6) is 1.38. The lowest BCUT2D eigenvalue weighted by molar-refractivity contribution is -0.116. The number of carbonyl (C=O) groups excluding carboxylic acids is 2. The second kappa shape index (κ2) is 11.4. The maximum atomic E-state index is 13.3. The largest absolute Gasteiger partial charge is 0.493 e. The molecular weight excluding hydrogens is 428 g/mol. The van der Waals surface area contributed by atoms with Crippen molar-refractivity contribution in [1.29, 1.82) is 0 Å². The van der Waals surface area contributed by atoms with Crippen LogP contribution in [0.5, 0.6) is 5.75 Å². The lowest BCUT2D eigenvalue weighted by Gasteiger charge is -2.35. The molecule has 4 rings (SSSR count). The number of benzene rings is 2. The Hall–Kier alpha value is -3.06. The molecule has 3 N–H and O–H groups in total. The van der Waals surface area contributed by atoms with E-state index < -0.39 is 0 Å². The monoisotopic (exact) mass is 464 g/mol. The third-order valence-corrected chi connectivity index (χ3v) is 6.38. The highest BCUT2D eigenvalue weighted by atomic mass is 16.5. The lowest BCUT2D eigenvalue weighted by Crippen LogP contribution is -2.49. The number of amides is 3. The van der Waals surface area contributed by atoms with E-state index in [0.717, 1.165) is 60.5 Å². The molecule has 0 radical (unpaired) electrons. The highest BCUT2D eigenvalue weighted by Crippen LogP contribution is 2.25. The predicted molar refractivity (Wildman–Crippen MR) is 134 cm³/mol. The molecule has 0 bridgehead atoms. The van der Waals surface area contributed by atoms with Crippen LogP contribution in [0, 0.1) is 5.92 Å². The van der Waals surface area contributed by atoms with Crippen LogP contribution >= 0.6 is 0 Å². The number of hydrogen-bond acceptors (Lipinski definition) is 4. The smallest absolute Gasteiger partial charge is 0.318 e. The molecule has 1 fully saturated rings. The highest BCUT2D eigenvalue weighted by molar-refractivity contribution is 5.94. The Morgan fingerprint density at radius 1 is 1.09 bits per heavy atom. The number of nitrogens with zero attached hydrogens (tertiary/aromatic N) is 1. The molecule has 34 heavy (non-hydrogen) atoms. The van der Waals surface area contributed by atoms with Crippen molar-refractivity contribution in [3.63, 3.8) is 0 Å². The number of nitrogens with one attached hydrogen (secondary N) is 3. The molecule has 2 aliphatic rings. The van der Waals surface area contributed by atoms with E-state index in [1.54, 1.807) is 0 Å². The lowest BCUT2D eigenvalue weighted by atomic mass is 9.99. The Labute approximate surface area is 202 Å². The summed E-state index contributed by atoms with van der Waals surface area (Å²) in [5.41, 5.74) is 4.09. The van der Waals surface area contributed by atoms with E-state index in [2.05, 4.69) is 41.9 Å². The second-order valence-electron chi connectivity index (χ2n) is 9.66. The van der Waals surface area contributed by atoms with Gasteiger partial charge in [0.1, 0.15) is 5.75 Å². The van der Waals surface area contributed by atoms with Crippen LogP contribution in [0.4, 0.5) is 10.5 Å². The zero-order chi connectivity index (χ0) is 23.9. The summed E-state index contributed by atoms with van der Waals surface area (Å²) in [6.45, 7) is 7.73. The van der Waals surface area contributed by atoms with Gasteiger partial charge in [0, 0.05) is 31.2 Å². The van der Waals surface area contributed by atoms with E-state index >= 15 is 0 Å². The van der Waals surface area contributed by atoms with Crippen molar-refractivity contribution >= 4 is 17.6 Å². The fourth-order valence-corrected chi connectivity index (χ4v) is 4.44. The number of carbonyl (C=O) groups is 2. The van der Waals surface area contributed by atoms with Crippen molar-refractivity contribution in [3.8, 4) is 5.75 Å². The van der Waals surface area contributed by atoms with Gasteiger partial charge in [0.15, 0.2) is 0 Å². The number of hydrogen-bond donors (Lipinski definition) is 3. The summed E-state index contributed by atoms with van der Waals surface area (Å²) in [7, 11) is 0. The topological polar surface area (TPSA) is 82.7 Å². The number of ether oxygens (including phenoxy) is 1. The van der Waals surface area contributed by atoms with Crippen molar-refractivity contribution in [2.75, 3.05) is 25.0 Å². The van der Waals surface area contributed by atoms with Crippen LogP contribution in [0.15, 0.2) is 42.5 Å². The minimum atomic E-state index is -0.0613. The van der Waals surface area contributed by atoms with Gasteiger partial charge in [-0.05, 0) is 73.2 Å². The van der Waals surface area contributed by atoms with Gasteiger partial charge in [0.05, 0.1) is 6.61 Å². The average Bonchev–Trinajstić information content (AvgIpc) is 2.85. The van der Waals surface area contributed by atoms with E-state index in [1.807, 2.05) is 35.2 Å². The second-order valence-corrected chi connectivity index (χ2v) is 9.66. The van der Waals surface area contributed by atoms with Crippen LogP contribution in [0.25, 0.3) is 0 Å². The summed E-state index contributed by atoms with van der Waals surface area (Å²) < 4.78 is 5.75. The van der Waals surface area contributed by atoms with Crippen LogP contribution in [0.2, 0.25) is 0 Å². The molecule has 3 amide bonds. The van der Waals surface area contributed by atoms with Crippen LogP contribution in [-0.2, 0) is 24.3 Å². The van der Waals surface area contributed by atoms with E-state index in [9.17, 15) is 9.59 Å². The summed E-state index contributed by atoms with van der Waals surface area (Å²) >= 11 is 0. The number of aryl methyl sites for hydroxylation is 1. The molecule has 182 valence electrons. The molecule has 0 saturated carbocycles. The fraction of sp³-hybridized carbons (Fsp3) is 0.481. The number of fused-ring (bicyclic) bond motifs is 1. The van der Waals surface area contributed by atoms with Gasteiger partial charge in [0.2, 0.25) is 5.91 Å². The minimum Gasteiger partial charge on any atom is -0.493 e. The third-order valence-electron chi connectivity index (χ3n) is 6.38. The van der Waals surface area contributed by atoms with Gasteiger partial charge >= 0.3 is 6.03 Å². The van der Waals surface area contributed by atoms with E-state index in [4.69, 9.17) is 4.74 Å². The van der Waals surface area contributed by atoms with Crippen LogP contribution in [0.1, 0.15) is 49.8 Å². The quantitative estimate of drug-likeness (QED) is 0.550. The summed E-state index contributed by atoms with van der Waals surface area (Å²) in [6, 6.07) is 14.2. The molecule has 0 unspecified atom stereocenters. The minimum absolute atomic E-state index is 0.0539. The van der Waals surface area contributed by atoms with Gasteiger partial charge in [-0.1, -0.05) is 38.1 Å². The van der Waals surface area contributed by atoms with Gasteiger partial charge in [-0.15, -0.1) is 0 Å².